The lowest BCUT2D eigenvalue weighted by Crippen LogP contribution is -2.42. The molecule has 2 heteroatoms. The maximum Gasteiger partial charge on any atom is 0.333 e. The summed E-state index contributed by atoms with van der Waals surface area (Å²) in [4.78, 5) is 11.9. The van der Waals surface area contributed by atoms with Gasteiger partial charge in [-0.15, -0.1) is 0 Å². The summed E-state index contributed by atoms with van der Waals surface area (Å²) < 4.78 is 5.84. The van der Waals surface area contributed by atoms with E-state index in [4.69, 9.17) is 4.74 Å². The number of ether oxygens (including phenoxy) is 1. The first-order chi connectivity index (χ1) is 8.46. The van der Waals surface area contributed by atoms with Crippen molar-refractivity contribution in [1.29, 1.82) is 0 Å². The third-order valence-electron chi connectivity index (χ3n) is 4.94. The molecule has 18 heavy (non-hydrogen) atoms. The average Bonchev–Trinajstić information content (AvgIpc) is 2.90. The SMILES string of the molecule is C=C(C)C(=O)OC(C)(CCC)C1CC2CCC1C2. The summed E-state index contributed by atoms with van der Waals surface area (Å²) in [6, 6.07) is 0. The second-order valence-electron chi connectivity index (χ2n) is 6.51. The van der Waals surface area contributed by atoms with Gasteiger partial charge < -0.3 is 4.74 Å². The Bertz CT molecular complexity index is 347. The van der Waals surface area contributed by atoms with Gasteiger partial charge in [-0.2, -0.15) is 0 Å². The van der Waals surface area contributed by atoms with E-state index in [2.05, 4.69) is 20.4 Å². The number of rotatable bonds is 5. The summed E-state index contributed by atoms with van der Waals surface area (Å²) >= 11 is 0. The molecule has 0 aliphatic heterocycles. The first-order valence-electron chi connectivity index (χ1n) is 7.35. The van der Waals surface area contributed by atoms with Gasteiger partial charge in [-0.25, -0.2) is 4.79 Å². The zero-order valence-corrected chi connectivity index (χ0v) is 12.0. The molecule has 2 aliphatic rings. The Balaban J connectivity index is 2.10. The van der Waals surface area contributed by atoms with Crippen LogP contribution in [-0.4, -0.2) is 11.6 Å². The molecule has 0 radical (unpaired) electrons. The van der Waals surface area contributed by atoms with Crippen molar-refractivity contribution in [3.8, 4) is 0 Å². The molecule has 2 rings (SSSR count). The van der Waals surface area contributed by atoms with Gasteiger partial charge in [0.1, 0.15) is 5.60 Å². The van der Waals surface area contributed by atoms with Gasteiger partial charge in [0.05, 0.1) is 0 Å². The van der Waals surface area contributed by atoms with Crippen LogP contribution in [0.5, 0.6) is 0 Å². The highest BCUT2D eigenvalue weighted by Gasteiger charge is 2.49. The fourth-order valence-electron chi connectivity index (χ4n) is 4.10. The summed E-state index contributed by atoms with van der Waals surface area (Å²) in [6.07, 6.45) is 7.37. The minimum Gasteiger partial charge on any atom is -0.456 e. The van der Waals surface area contributed by atoms with Crippen LogP contribution in [0.2, 0.25) is 0 Å². The molecule has 0 saturated heterocycles. The number of esters is 1. The van der Waals surface area contributed by atoms with E-state index in [1.165, 1.54) is 25.7 Å². The molecule has 0 heterocycles. The zero-order valence-electron chi connectivity index (χ0n) is 12.0. The van der Waals surface area contributed by atoms with Crippen LogP contribution in [0.3, 0.4) is 0 Å². The van der Waals surface area contributed by atoms with Gasteiger partial charge in [0, 0.05) is 11.5 Å². The van der Waals surface area contributed by atoms with Crippen LogP contribution in [0.1, 0.15) is 59.3 Å². The van der Waals surface area contributed by atoms with Crippen LogP contribution in [0, 0.1) is 17.8 Å². The largest absolute Gasteiger partial charge is 0.456 e. The predicted octanol–water partition coefficient (Wildman–Crippen LogP) is 4.10. The number of fused-ring (bicyclic) bond motifs is 2. The Morgan fingerprint density at radius 1 is 1.39 bits per heavy atom. The van der Waals surface area contributed by atoms with E-state index < -0.39 is 0 Å². The molecule has 0 aromatic rings. The van der Waals surface area contributed by atoms with E-state index in [1.807, 2.05) is 0 Å². The molecule has 4 atom stereocenters. The Labute approximate surface area is 111 Å². The molecule has 2 fully saturated rings. The van der Waals surface area contributed by atoms with Crippen molar-refractivity contribution >= 4 is 5.97 Å². The van der Waals surface area contributed by atoms with Crippen LogP contribution in [0.4, 0.5) is 0 Å². The molecule has 2 saturated carbocycles. The molecule has 2 bridgehead atoms. The number of hydrogen-bond acceptors (Lipinski definition) is 2. The van der Waals surface area contributed by atoms with E-state index in [0.29, 0.717) is 11.5 Å². The van der Waals surface area contributed by atoms with Gasteiger partial charge in [-0.1, -0.05) is 26.3 Å². The third kappa shape index (κ3) is 2.48. The molecular formula is C16H26O2. The third-order valence-corrected chi connectivity index (χ3v) is 4.94. The highest BCUT2D eigenvalue weighted by atomic mass is 16.6. The lowest BCUT2D eigenvalue weighted by molar-refractivity contribution is -0.162. The van der Waals surface area contributed by atoms with Crippen molar-refractivity contribution in [2.75, 3.05) is 0 Å². The number of carbonyl (C=O) groups is 1. The zero-order chi connectivity index (χ0) is 13.3. The van der Waals surface area contributed by atoms with Crippen molar-refractivity contribution in [3.63, 3.8) is 0 Å². The lowest BCUT2D eigenvalue weighted by Gasteiger charge is -2.39. The molecule has 0 aromatic heterocycles. The predicted molar refractivity (Wildman–Crippen MR) is 73.2 cm³/mol. The van der Waals surface area contributed by atoms with E-state index >= 15 is 0 Å². The quantitative estimate of drug-likeness (QED) is 0.542. The van der Waals surface area contributed by atoms with E-state index in [9.17, 15) is 4.79 Å². The minimum absolute atomic E-state index is 0.214. The Morgan fingerprint density at radius 2 is 2.11 bits per heavy atom. The fourth-order valence-corrected chi connectivity index (χ4v) is 4.10. The van der Waals surface area contributed by atoms with Gasteiger partial charge in [0.25, 0.3) is 0 Å². The van der Waals surface area contributed by atoms with Gasteiger partial charge in [0.15, 0.2) is 0 Å². The lowest BCUT2D eigenvalue weighted by atomic mass is 9.75. The van der Waals surface area contributed by atoms with E-state index in [1.54, 1.807) is 6.92 Å². The van der Waals surface area contributed by atoms with Crippen LogP contribution in [-0.2, 0) is 9.53 Å². The monoisotopic (exact) mass is 250 g/mol. The Hall–Kier alpha value is -0.790. The minimum atomic E-state index is -0.273. The maximum absolute atomic E-state index is 11.9. The van der Waals surface area contributed by atoms with Crippen LogP contribution in [0.25, 0.3) is 0 Å². The molecule has 0 amide bonds. The van der Waals surface area contributed by atoms with Crippen molar-refractivity contribution in [3.05, 3.63) is 12.2 Å². The van der Waals surface area contributed by atoms with Gasteiger partial charge in [-0.3, -0.25) is 0 Å². The van der Waals surface area contributed by atoms with Gasteiger partial charge in [0.2, 0.25) is 0 Å². The van der Waals surface area contributed by atoms with Crippen molar-refractivity contribution in [2.45, 2.75) is 64.9 Å². The number of carbonyl (C=O) groups excluding carboxylic acids is 1. The average molecular weight is 250 g/mol. The summed E-state index contributed by atoms with van der Waals surface area (Å²) in [5, 5.41) is 0. The maximum atomic E-state index is 11.9. The fraction of sp³-hybridized carbons (Fsp3) is 0.812. The molecule has 102 valence electrons. The van der Waals surface area contributed by atoms with Crippen LogP contribution >= 0.6 is 0 Å². The van der Waals surface area contributed by atoms with Crippen molar-refractivity contribution < 1.29 is 9.53 Å². The molecule has 4 unspecified atom stereocenters. The van der Waals surface area contributed by atoms with Gasteiger partial charge in [-0.05, 0) is 51.4 Å². The second-order valence-corrected chi connectivity index (χ2v) is 6.51. The highest BCUT2D eigenvalue weighted by Crippen LogP contribution is 2.54. The van der Waals surface area contributed by atoms with Crippen molar-refractivity contribution in [2.24, 2.45) is 17.8 Å². The molecule has 0 aromatic carbocycles. The molecule has 2 aliphatic carbocycles. The van der Waals surface area contributed by atoms with E-state index in [0.717, 1.165) is 24.7 Å². The molecular weight excluding hydrogens is 224 g/mol. The highest BCUT2D eigenvalue weighted by molar-refractivity contribution is 5.87. The summed E-state index contributed by atoms with van der Waals surface area (Å²) in [7, 11) is 0. The number of hydrogen-bond donors (Lipinski definition) is 0. The summed E-state index contributed by atoms with van der Waals surface area (Å²) in [5.41, 5.74) is 0.241. The smallest absolute Gasteiger partial charge is 0.333 e. The molecule has 2 nitrogen and oxygen atoms in total. The topological polar surface area (TPSA) is 26.3 Å². The van der Waals surface area contributed by atoms with Crippen molar-refractivity contribution in [1.82, 2.24) is 0 Å². The normalized spacial score (nSPS) is 33.2. The molecule has 0 N–H and O–H groups in total. The van der Waals surface area contributed by atoms with E-state index in [-0.39, 0.29) is 11.6 Å². The van der Waals surface area contributed by atoms with Gasteiger partial charge >= 0.3 is 5.97 Å². The van der Waals surface area contributed by atoms with Crippen LogP contribution in [0.15, 0.2) is 12.2 Å². The Morgan fingerprint density at radius 3 is 2.56 bits per heavy atom. The Kier molecular flexibility index (Phi) is 3.84. The molecule has 0 spiro atoms. The first kappa shape index (κ1) is 13.6. The van der Waals surface area contributed by atoms with Crippen LogP contribution < -0.4 is 0 Å². The second kappa shape index (κ2) is 5.07. The summed E-state index contributed by atoms with van der Waals surface area (Å²) in [5.74, 6) is 2.03. The first-order valence-corrected chi connectivity index (χ1v) is 7.35. The standard InChI is InChI=1S/C16H26O2/c1-5-8-16(4,18-15(17)11(2)3)14-10-12-6-7-13(14)9-12/h12-14H,2,5-10H2,1,3-4H3. The summed E-state index contributed by atoms with van der Waals surface area (Å²) in [6.45, 7) is 9.74.